The molecule has 0 aliphatic heterocycles. The van der Waals surface area contributed by atoms with Crippen LogP contribution >= 0.6 is 12.4 Å². The van der Waals surface area contributed by atoms with Gasteiger partial charge >= 0.3 is 0 Å². The molecule has 1 saturated carbocycles. The van der Waals surface area contributed by atoms with Crippen molar-refractivity contribution in [2.45, 2.75) is 38.1 Å². The Labute approximate surface area is 120 Å². The lowest BCUT2D eigenvalue weighted by atomic mass is 9.98. The summed E-state index contributed by atoms with van der Waals surface area (Å²) in [6.45, 7) is 1.94. The molecule has 0 unspecified atom stereocenters. The number of benzene rings is 1. The average Bonchev–Trinajstić information content (AvgIpc) is 2.80. The number of aryl methyl sites for hydroxylation is 1. The van der Waals surface area contributed by atoms with Gasteiger partial charge in [-0.2, -0.15) is 0 Å². The van der Waals surface area contributed by atoms with Crippen LogP contribution in [0.5, 0.6) is 5.75 Å². The number of nitrogens with one attached hydrogen (secondary N) is 1. The molecule has 5 heteroatoms. The van der Waals surface area contributed by atoms with Gasteiger partial charge in [0.2, 0.25) is 5.91 Å². The first kappa shape index (κ1) is 15.8. The topological polar surface area (TPSA) is 64.3 Å². The smallest absolute Gasteiger partial charge is 0.244 e. The van der Waals surface area contributed by atoms with Gasteiger partial charge in [0.05, 0.1) is 12.6 Å². The molecule has 0 heterocycles. The van der Waals surface area contributed by atoms with Crippen molar-refractivity contribution in [2.75, 3.05) is 12.4 Å². The fourth-order valence-electron chi connectivity index (χ4n) is 2.38. The Kier molecular flexibility index (Phi) is 5.20. The molecule has 19 heavy (non-hydrogen) atoms. The van der Waals surface area contributed by atoms with E-state index in [2.05, 4.69) is 5.32 Å². The molecule has 4 nitrogen and oxygen atoms in total. The van der Waals surface area contributed by atoms with E-state index in [0.29, 0.717) is 0 Å². The maximum Gasteiger partial charge on any atom is 0.244 e. The zero-order valence-corrected chi connectivity index (χ0v) is 12.2. The van der Waals surface area contributed by atoms with E-state index in [-0.39, 0.29) is 18.3 Å². The Bertz CT molecular complexity index is 457. The first-order valence-corrected chi connectivity index (χ1v) is 6.30. The third-order valence-corrected chi connectivity index (χ3v) is 3.63. The first-order chi connectivity index (χ1) is 8.55. The van der Waals surface area contributed by atoms with Crippen LogP contribution in [0.1, 0.15) is 31.2 Å². The zero-order valence-electron chi connectivity index (χ0n) is 11.4. The van der Waals surface area contributed by atoms with E-state index in [1.165, 1.54) is 0 Å². The molecule has 1 aliphatic rings. The van der Waals surface area contributed by atoms with E-state index in [4.69, 9.17) is 10.5 Å². The van der Waals surface area contributed by atoms with Crippen LogP contribution in [0.4, 0.5) is 5.69 Å². The highest BCUT2D eigenvalue weighted by Gasteiger charge is 2.37. The molecule has 1 amide bonds. The predicted molar refractivity (Wildman–Crippen MR) is 79.0 cm³/mol. The van der Waals surface area contributed by atoms with Gasteiger partial charge < -0.3 is 15.8 Å². The summed E-state index contributed by atoms with van der Waals surface area (Å²) in [7, 11) is 1.63. The number of nitrogens with two attached hydrogens (primary N) is 1. The normalized spacial score (nSPS) is 16.6. The molecule has 1 aromatic rings. The van der Waals surface area contributed by atoms with E-state index < -0.39 is 5.54 Å². The van der Waals surface area contributed by atoms with Gasteiger partial charge in [-0.3, -0.25) is 4.79 Å². The standard InChI is InChI=1S/C14H20N2O2.ClH/c1-10-9-11(18-2)5-6-12(10)16-13(17)14(15)7-3-4-8-14;/h5-6,9H,3-4,7-8,15H2,1-2H3,(H,16,17);1H. The molecule has 1 aliphatic carbocycles. The molecule has 0 bridgehead atoms. The van der Waals surface area contributed by atoms with Crippen molar-refractivity contribution in [3.05, 3.63) is 23.8 Å². The minimum Gasteiger partial charge on any atom is -0.497 e. The van der Waals surface area contributed by atoms with Crippen LogP contribution in [0.2, 0.25) is 0 Å². The van der Waals surface area contributed by atoms with E-state index in [1.54, 1.807) is 7.11 Å². The monoisotopic (exact) mass is 284 g/mol. The van der Waals surface area contributed by atoms with Gasteiger partial charge in [-0.05, 0) is 43.5 Å². The number of methoxy groups -OCH3 is 1. The average molecular weight is 285 g/mol. The molecule has 106 valence electrons. The lowest BCUT2D eigenvalue weighted by Crippen LogP contribution is -2.48. The molecule has 0 radical (unpaired) electrons. The van der Waals surface area contributed by atoms with Gasteiger partial charge in [0.15, 0.2) is 0 Å². The molecule has 0 spiro atoms. The van der Waals surface area contributed by atoms with E-state index in [9.17, 15) is 4.79 Å². The lowest BCUT2D eigenvalue weighted by molar-refractivity contribution is -0.121. The molecule has 1 aromatic carbocycles. The summed E-state index contributed by atoms with van der Waals surface area (Å²) in [4.78, 5) is 12.2. The number of hydrogen-bond acceptors (Lipinski definition) is 3. The van der Waals surface area contributed by atoms with Crippen molar-refractivity contribution in [1.29, 1.82) is 0 Å². The first-order valence-electron chi connectivity index (χ1n) is 6.30. The van der Waals surface area contributed by atoms with Crippen molar-refractivity contribution < 1.29 is 9.53 Å². The number of carbonyl (C=O) groups is 1. The fourth-order valence-corrected chi connectivity index (χ4v) is 2.38. The lowest BCUT2D eigenvalue weighted by Gasteiger charge is -2.23. The zero-order chi connectivity index (χ0) is 13.2. The van der Waals surface area contributed by atoms with Gasteiger partial charge in [0.25, 0.3) is 0 Å². The highest BCUT2D eigenvalue weighted by atomic mass is 35.5. The summed E-state index contributed by atoms with van der Waals surface area (Å²) in [5, 5.41) is 2.92. The Hall–Kier alpha value is -1.26. The van der Waals surface area contributed by atoms with E-state index in [1.807, 2.05) is 25.1 Å². The molecule has 0 saturated heterocycles. The summed E-state index contributed by atoms with van der Waals surface area (Å²) in [6, 6.07) is 5.58. The number of rotatable bonds is 3. The Morgan fingerprint density at radius 3 is 2.53 bits per heavy atom. The molecule has 1 fully saturated rings. The second-order valence-electron chi connectivity index (χ2n) is 5.00. The van der Waals surface area contributed by atoms with Crippen LogP contribution in [0.15, 0.2) is 18.2 Å². The third-order valence-electron chi connectivity index (χ3n) is 3.63. The van der Waals surface area contributed by atoms with Gasteiger partial charge in [-0.1, -0.05) is 12.8 Å². The van der Waals surface area contributed by atoms with Gasteiger partial charge in [0, 0.05) is 5.69 Å². The van der Waals surface area contributed by atoms with Gasteiger partial charge in [-0.25, -0.2) is 0 Å². The highest BCUT2D eigenvalue weighted by Crippen LogP contribution is 2.29. The Balaban J connectivity index is 0.00000180. The van der Waals surface area contributed by atoms with Crippen LogP contribution in [-0.2, 0) is 4.79 Å². The number of hydrogen-bond donors (Lipinski definition) is 2. The summed E-state index contributed by atoms with van der Waals surface area (Å²) >= 11 is 0. The summed E-state index contributed by atoms with van der Waals surface area (Å²) in [5.41, 5.74) is 7.21. The SMILES string of the molecule is COc1ccc(NC(=O)C2(N)CCCC2)c(C)c1.Cl. The Morgan fingerprint density at radius 2 is 2.00 bits per heavy atom. The van der Waals surface area contributed by atoms with Crippen molar-refractivity contribution in [3.8, 4) is 5.75 Å². The number of carbonyl (C=O) groups excluding carboxylic acids is 1. The molecule has 0 aromatic heterocycles. The van der Waals surface area contributed by atoms with Crippen LogP contribution in [0.25, 0.3) is 0 Å². The summed E-state index contributed by atoms with van der Waals surface area (Å²) in [6.07, 6.45) is 3.61. The fraction of sp³-hybridized carbons (Fsp3) is 0.500. The van der Waals surface area contributed by atoms with Crippen LogP contribution in [0, 0.1) is 6.92 Å². The Morgan fingerprint density at radius 1 is 1.37 bits per heavy atom. The molecule has 0 atom stereocenters. The molecule has 3 N–H and O–H groups in total. The van der Waals surface area contributed by atoms with E-state index >= 15 is 0 Å². The van der Waals surface area contributed by atoms with Gasteiger partial charge in [0.1, 0.15) is 5.75 Å². The number of anilines is 1. The van der Waals surface area contributed by atoms with Crippen molar-refractivity contribution in [1.82, 2.24) is 0 Å². The van der Waals surface area contributed by atoms with Crippen LogP contribution in [0.3, 0.4) is 0 Å². The maximum absolute atomic E-state index is 12.2. The van der Waals surface area contributed by atoms with Crippen molar-refractivity contribution in [3.63, 3.8) is 0 Å². The number of ether oxygens (including phenoxy) is 1. The van der Waals surface area contributed by atoms with E-state index in [0.717, 1.165) is 42.7 Å². The minimum atomic E-state index is -0.688. The third kappa shape index (κ3) is 3.39. The van der Waals surface area contributed by atoms with Crippen LogP contribution in [-0.4, -0.2) is 18.6 Å². The van der Waals surface area contributed by atoms with Gasteiger partial charge in [-0.15, -0.1) is 12.4 Å². The van der Waals surface area contributed by atoms with Crippen molar-refractivity contribution >= 4 is 24.0 Å². The van der Waals surface area contributed by atoms with Crippen LogP contribution < -0.4 is 15.8 Å². The highest BCUT2D eigenvalue weighted by molar-refractivity contribution is 5.98. The second kappa shape index (κ2) is 6.26. The molecule has 2 rings (SSSR count). The maximum atomic E-state index is 12.2. The quantitative estimate of drug-likeness (QED) is 0.897. The molecular formula is C14H21ClN2O2. The second-order valence-corrected chi connectivity index (χ2v) is 5.00. The minimum absolute atomic E-state index is 0. The predicted octanol–water partition coefficient (Wildman–Crippen LogP) is 2.64. The number of amides is 1. The molecular weight excluding hydrogens is 264 g/mol. The summed E-state index contributed by atoms with van der Waals surface area (Å²) < 4.78 is 5.14. The largest absolute Gasteiger partial charge is 0.497 e. The van der Waals surface area contributed by atoms with Crippen molar-refractivity contribution in [2.24, 2.45) is 5.73 Å². The summed E-state index contributed by atoms with van der Waals surface area (Å²) in [5.74, 6) is 0.710. The number of halogens is 1.